The summed E-state index contributed by atoms with van der Waals surface area (Å²) in [4.78, 5) is 42.2. The second-order valence-electron chi connectivity index (χ2n) is 11.1. The topological polar surface area (TPSA) is 160 Å². The van der Waals surface area contributed by atoms with Gasteiger partial charge in [0.1, 0.15) is 22.2 Å². The number of nitriles is 1. The molecule has 4 aliphatic rings. The first-order chi connectivity index (χ1) is 19.7. The number of carbonyl (C=O) groups is 3. The molecule has 3 aliphatic heterocycles. The first kappa shape index (κ1) is 29.9. The van der Waals surface area contributed by atoms with Crippen LogP contribution in [0.4, 0.5) is 18.0 Å². The van der Waals surface area contributed by atoms with E-state index < -0.39 is 74.2 Å². The van der Waals surface area contributed by atoms with Gasteiger partial charge in [-0.15, -0.1) is 13.2 Å². The molecule has 3 atom stereocenters. The molecule has 3 saturated heterocycles. The summed E-state index contributed by atoms with van der Waals surface area (Å²) < 4.78 is 70.3. The Balaban J connectivity index is 1.38. The lowest BCUT2D eigenvalue weighted by Crippen LogP contribution is -2.63. The SMILES string of the molecule is N#CC1(NC(=O)[C@@H]2C[C@@H](S(=O)(=O)c3ccccc3OC(F)(F)F)CN2C(=O)C2CCN2C2CCN(C(=O)O)CC2)CC1. The van der Waals surface area contributed by atoms with E-state index in [0.717, 1.165) is 12.1 Å². The van der Waals surface area contributed by atoms with Crippen molar-refractivity contribution in [3.05, 3.63) is 24.3 Å². The third kappa shape index (κ3) is 5.84. The van der Waals surface area contributed by atoms with Crippen LogP contribution in [-0.2, 0) is 19.4 Å². The number of nitrogens with one attached hydrogen (secondary N) is 1. The molecule has 2 N–H and O–H groups in total. The molecule has 1 aromatic rings. The van der Waals surface area contributed by atoms with E-state index in [9.17, 15) is 46.3 Å². The van der Waals surface area contributed by atoms with Crippen molar-refractivity contribution in [3.63, 3.8) is 0 Å². The largest absolute Gasteiger partial charge is 0.573 e. The summed E-state index contributed by atoms with van der Waals surface area (Å²) in [6, 6.07) is 4.36. The molecule has 12 nitrogen and oxygen atoms in total. The van der Waals surface area contributed by atoms with Crippen LogP contribution in [0.15, 0.2) is 29.2 Å². The van der Waals surface area contributed by atoms with Crippen molar-refractivity contribution in [3.8, 4) is 11.8 Å². The van der Waals surface area contributed by atoms with Crippen LogP contribution in [-0.4, -0.2) is 108 Å². The molecule has 4 fully saturated rings. The number of ether oxygens (including phenoxy) is 1. The Kier molecular flexibility index (Phi) is 7.77. The molecule has 1 unspecified atom stereocenters. The molecule has 1 aromatic carbocycles. The van der Waals surface area contributed by atoms with Gasteiger partial charge in [0.05, 0.1) is 17.4 Å². The van der Waals surface area contributed by atoms with Gasteiger partial charge in [-0.2, -0.15) is 5.26 Å². The average Bonchev–Trinajstić information content (AvgIpc) is 3.52. The highest BCUT2D eigenvalue weighted by Gasteiger charge is 2.53. The van der Waals surface area contributed by atoms with Crippen LogP contribution in [0.5, 0.6) is 5.75 Å². The predicted octanol–water partition coefficient (Wildman–Crippen LogP) is 1.72. The Morgan fingerprint density at radius 1 is 1.07 bits per heavy atom. The summed E-state index contributed by atoms with van der Waals surface area (Å²) in [7, 11) is -4.51. The third-order valence-electron chi connectivity index (χ3n) is 8.55. The Hall–Kier alpha value is -3.58. The van der Waals surface area contributed by atoms with Crippen LogP contribution in [0.25, 0.3) is 0 Å². The number of benzene rings is 1. The number of nitrogens with zero attached hydrogens (tertiary/aromatic N) is 4. The molecule has 0 spiro atoms. The Labute approximate surface area is 239 Å². The van der Waals surface area contributed by atoms with Gasteiger partial charge in [0.15, 0.2) is 9.84 Å². The lowest BCUT2D eigenvalue weighted by Gasteiger charge is -2.48. The quantitative estimate of drug-likeness (QED) is 0.467. The van der Waals surface area contributed by atoms with E-state index in [1.54, 1.807) is 0 Å². The van der Waals surface area contributed by atoms with Gasteiger partial charge in [-0.25, -0.2) is 13.2 Å². The molecule has 16 heteroatoms. The lowest BCUT2D eigenvalue weighted by atomic mass is 9.93. The number of carbonyl (C=O) groups excluding carboxylic acids is 2. The summed E-state index contributed by atoms with van der Waals surface area (Å²) in [6.45, 7) is 0.755. The van der Waals surface area contributed by atoms with Crippen molar-refractivity contribution in [2.24, 2.45) is 0 Å². The Bertz CT molecular complexity index is 1400. The Morgan fingerprint density at radius 3 is 2.29 bits per heavy atom. The number of hydrogen-bond acceptors (Lipinski definition) is 8. The van der Waals surface area contributed by atoms with Crippen LogP contribution in [0.1, 0.15) is 38.5 Å². The average molecular weight is 614 g/mol. The van der Waals surface area contributed by atoms with E-state index in [1.807, 2.05) is 11.0 Å². The van der Waals surface area contributed by atoms with Gasteiger partial charge in [-0.3, -0.25) is 14.5 Å². The molecule has 3 amide bonds. The Morgan fingerprint density at radius 2 is 1.74 bits per heavy atom. The normalized spacial score (nSPS) is 26.2. The molecule has 0 radical (unpaired) electrons. The molecule has 3 heterocycles. The number of rotatable bonds is 7. The van der Waals surface area contributed by atoms with Gasteiger partial charge in [0.25, 0.3) is 0 Å². The van der Waals surface area contributed by atoms with Gasteiger partial charge in [-0.05, 0) is 50.7 Å². The fourth-order valence-corrected chi connectivity index (χ4v) is 7.80. The summed E-state index contributed by atoms with van der Waals surface area (Å²) in [5.74, 6) is -2.09. The zero-order valence-electron chi connectivity index (χ0n) is 22.4. The standard InChI is InChI=1S/C26H30F3N5O7S/c27-26(28,29)41-20-3-1-2-4-21(20)42(39,40)17-13-19(22(35)31-25(15-30)8-9-25)34(14-17)23(36)18-7-12-33(18)16-5-10-32(11-6-16)24(37)38/h1-4,16-19H,5-14H2,(H,31,35)(H,37,38)/t17-,18?,19+/m1/s1. The molecular weight excluding hydrogens is 583 g/mol. The minimum absolute atomic E-state index is 0.0718. The predicted molar refractivity (Wildman–Crippen MR) is 138 cm³/mol. The van der Waals surface area contributed by atoms with Gasteiger partial charge in [-0.1, -0.05) is 12.1 Å². The summed E-state index contributed by atoms with van der Waals surface area (Å²) >= 11 is 0. The minimum atomic E-state index is -5.14. The zero-order chi connectivity index (χ0) is 30.4. The molecule has 1 saturated carbocycles. The van der Waals surface area contributed by atoms with Crippen LogP contribution in [0.2, 0.25) is 0 Å². The van der Waals surface area contributed by atoms with Crippen molar-refractivity contribution in [2.75, 3.05) is 26.2 Å². The first-order valence-electron chi connectivity index (χ1n) is 13.6. The number of piperidine rings is 1. The number of alkyl halides is 3. The number of sulfone groups is 1. The minimum Gasteiger partial charge on any atom is -0.465 e. The second kappa shape index (κ2) is 10.9. The van der Waals surface area contributed by atoms with Crippen molar-refractivity contribution in [1.29, 1.82) is 5.26 Å². The van der Waals surface area contributed by atoms with Crippen molar-refractivity contribution in [1.82, 2.24) is 20.0 Å². The molecular formula is C26H30F3N5O7S. The molecule has 0 aromatic heterocycles. The maximum Gasteiger partial charge on any atom is 0.573 e. The van der Waals surface area contributed by atoms with E-state index in [4.69, 9.17) is 0 Å². The number of carboxylic acid groups (broad SMARTS) is 1. The number of likely N-dealkylation sites (tertiary alicyclic amines) is 3. The van der Waals surface area contributed by atoms with Gasteiger partial charge < -0.3 is 25.0 Å². The smallest absolute Gasteiger partial charge is 0.465 e. The highest BCUT2D eigenvalue weighted by Crippen LogP contribution is 2.39. The number of halogens is 3. The maximum atomic E-state index is 13.8. The van der Waals surface area contributed by atoms with Crippen LogP contribution < -0.4 is 10.1 Å². The summed E-state index contributed by atoms with van der Waals surface area (Å²) in [6.07, 6.45) is -4.24. The van der Waals surface area contributed by atoms with Crippen LogP contribution >= 0.6 is 0 Å². The summed E-state index contributed by atoms with van der Waals surface area (Å²) in [5, 5.41) is 19.9. The third-order valence-corrected chi connectivity index (χ3v) is 10.7. The van der Waals surface area contributed by atoms with E-state index in [1.165, 1.54) is 21.9 Å². The van der Waals surface area contributed by atoms with Crippen molar-refractivity contribution < 1.29 is 45.8 Å². The van der Waals surface area contributed by atoms with Crippen molar-refractivity contribution >= 4 is 27.7 Å². The lowest BCUT2D eigenvalue weighted by molar-refractivity contribution is -0.275. The van der Waals surface area contributed by atoms with Crippen LogP contribution in [0.3, 0.4) is 0 Å². The van der Waals surface area contributed by atoms with Gasteiger partial charge in [0, 0.05) is 32.2 Å². The van der Waals surface area contributed by atoms with E-state index in [-0.39, 0.29) is 12.5 Å². The molecule has 5 rings (SSSR count). The number of hydrogen-bond donors (Lipinski definition) is 2. The second-order valence-corrected chi connectivity index (χ2v) is 13.3. The summed E-state index contributed by atoms with van der Waals surface area (Å²) in [5.41, 5.74) is -1.09. The monoisotopic (exact) mass is 613 g/mol. The number of amides is 3. The van der Waals surface area contributed by atoms with E-state index in [2.05, 4.69) is 10.1 Å². The van der Waals surface area contributed by atoms with Gasteiger partial charge >= 0.3 is 12.5 Å². The van der Waals surface area contributed by atoms with Crippen molar-refractivity contribution in [2.45, 2.75) is 78.7 Å². The molecule has 228 valence electrons. The zero-order valence-corrected chi connectivity index (χ0v) is 23.2. The van der Waals surface area contributed by atoms with E-state index in [0.29, 0.717) is 51.7 Å². The maximum absolute atomic E-state index is 13.8. The molecule has 0 bridgehead atoms. The molecule has 42 heavy (non-hydrogen) atoms. The highest BCUT2D eigenvalue weighted by molar-refractivity contribution is 7.92. The van der Waals surface area contributed by atoms with E-state index >= 15 is 0 Å². The fourth-order valence-electron chi connectivity index (χ4n) is 5.99. The first-order valence-corrected chi connectivity index (χ1v) is 15.2. The number of para-hydroxylation sites is 1. The van der Waals surface area contributed by atoms with Crippen LogP contribution in [0, 0.1) is 11.3 Å². The fraction of sp³-hybridized carbons (Fsp3) is 0.615. The highest BCUT2D eigenvalue weighted by atomic mass is 32.2. The molecule has 1 aliphatic carbocycles. The van der Waals surface area contributed by atoms with Gasteiger partial charge in [0.2, 0.25) is 11.8 Å².